The summed E-state index contributed by atoms with van der Waals surface area (Å²) in [5.74, 6) is 1.20. The first kappa shape index (κ1) is 25.4. The number of fused-ring (bicyclic) bond motifs is 1. The van der Waals surface area contributed by atoms with Gasteiger partial charge in [-0.2, -0.15) is 21.9 Å². The van der Waals surface area contributed by atoms with Crippen LogP contribution in [-0.2, 0) is 14.9 Å². The number of hydrogen-bond donors (Lipinski definition) is 2. The van der Waals surface area contributed by atoms with Crippen molar-refractivity contribution in [2.24, 2.45) is 0 Å². The van der Waals surface area contributed by atoms with E-state index in [1.165, 1.54) is 16.7 Å². The quantitative estimate of drug-likeness (QED) is 0.336. The molecule has 1 amide bonds. The first-order valence-corrected chi connectivity index (χ1v) is 14.2. The molecule has 4 aromatic heterocycles. The number of amides is 1. The number of ether oxygens (including phenoxy) is 1. The van der Waals surface area contributed by atoms with Gasteiger partial charge in [0.15, 0.2) is 5.82 Å². The molecule has 2 saturated heterocycles. The van der Waals surface area contributed by atoms with E-state index in [1.54, 1.807) is 18.5 Å². The minimum absolute atomic E-state index is 0.0308. The molecular weight excluding hydrogens is 522 g/mol. The molecule has 0 spiro atoms. The van der Waals surface area contributed by atoms with E-state index >= 15 is 0 Å². The van der Waals surface area contributed by atoms with Crippen LogP contribution in [0.2, 0.25) is 0 Å². The van der Waals surface area contributed by atoms with Gasteiger partial charge in [0.05, 0.1) is 48.3 Å². The molecule has 2 fully saturated rings. The molecular formula is C25H29N9O4S. The summed E-state index contributed by atoms with van der Waals surface area (Å²) in [6, 6.07) is 3.72. The molecule has 0 unspecified atom stereocenters. The number of aromatic nitrogens is 6. The van der Waals surface area contributed by atoms with Crippen LogP contribution in [0.4, 0.5) is 11.6 Å². The molecule has 0 bridgehead atoms. The van der Waals surface area contributed by atoms with Gasteiger partial charge in [-0.3, -0.25) is 4.79 Å². The van der Waals surface area contributed by atoms with Crippen LogP contribution in [0, 0.1) is 0 Å². The Hall–Kier alpha value is -3.88. The normalized spacial score (nSPS) is 16.6. The van der Waals surface area contributed by atoms with Crippen molar-refractivity contribution >= 4 is 38.7 Å². The van der Waals surface area contributed by atoms with Crippen LogP contribution in [0.15, 0.2) is 43.1 Å². The molecule has 204 valence electrons. The summed E-state index contributed by atoms with van der Waals surface area (Å²) in [5, 5.41) is 11.0. The zero-order chi connectivity index (χ0) is 27.1. The smallest absolute Gasteiger partial charge is 0.322 e. The Labute approximate surface area is 225 Å². The fourth-order valence-corrected chi connectivity index (χ4v) is 6.05. The Morgan fingerprint density at radius 2 is 1.90 bits per heavy atom. The number of hydrogen-bond acceptors (Lipinski definition) is 9. The fraction of sp³-hybridized carbons (Fsp3) is 0.400. The number of pyridine rings is 1. The van der Waals surface area contributed by atoms with Gasteiger partial charge in [-0.25, -0.2) is 15.0 Å². The highest BCUT2D eigenvalue weighted by atomic mass is 32.2. The van der Waals surface area contributed by atoms with E-state index < -0.39 is 10.2 Å². The standard InChI is InChI=1S/C25H29N9O4S/c1-16(2)33-13-20(25(35)29-18-14-38-15-18)19-11-27-23(9-21(19)33)30-22-5-6-26-24(31-22)17-10-28-34(12-17)39(36,37)32-7-3-4-8-32/h5-6,9-13,16,18H,3-4,7-8,14-15H2,1-2H3,(H,29,35)(H,26,27,30,31). The molecule has 14 heteroatoms. The third-order valence-electron chi connectivity index (χ3n) is 6.85. The molecule has 13 nitrogen and oxygen atoms in total. The van der Waals surface area contributed by atoms with E-state index in [-0.39, 0.29) is 18.0 Å². The second kappa shape index (κ2) is 10.0. The highest BCUT2D eigenvalue weighted by molar-refractivity contribution is 7.87. The lowest BCUT2D eigenvalue weighted by Crippen LogP contribution is -2.48. The summed E-state index contributed by atoms with van der Waals surface area (Å²) in [6.07, 6.45) is 9.67. The molecule has 0 saturated carbocycles. The van der Waals surface area contributed by atoms with Gasteiger partial charge in [0, 0.05) is 49.2 Å². The van der Waals surface area contributed by atoms with E-state index in [0.717, 1.165) is 27.8 Å². The van der Waals surface area contributed by atoms with Gasteiger partial charge in [-0.15, -0.1) is 0 Å². The Balaban J connectivity index is 1.25. The molecule has 2 N–H and O–H groups in total. The zero-order valence-electron chi connectivity index (χ0n) is 21.6. The first-order chi connectivity index (χ1) is 18.8. The number of nitrogens with one attached hydrogen (secondary N) is 2. The van der Waals surface area contributed by atoms with Crippen molar-refractivity contribution in [1.82, 2.24) is 38.3 Å². The van der Waals surface area contributed by atoms with Crippen LogP contribution < -0.4 is 10.6 Å². The molecule has 0 aliphatic carbocycles. The molecule has 39 heavy (non-hydrogen) atoms. The largest absolute Gasteiger partial charge is 0.377 e. The summed E-state index contributed by atoms with van der Waals surface area (Å²) in [4.78, 5) is 26.3. The van der Waals surface area contributed by atoms with Crippen molar-refractivity contribution in [2.45, 2.75) is 38.8 Å². The Morgan fingerprint density at radius 3 is 2.62 bits per heavy atom. The lowest BCUT2D eigenvalue weighted by molar-refractivity contribution is -0.00343. The molecule has 2 aliphatic heterocycles. The van der Waals surface area contributed by atoms with Crippen LogP contribution in [0.1, 0.15) is 43.1 Å². The molecule has 6 rings (SSSR count). The van der Waals surface area contributed by atoms with Crippen LogP contribution in [0.25, 0.3) is 22.3 Å². The summed E-state index contributed by atoms with van der Waals surface area (Å²) < 4.78 is 35.2. The van der Waals surface area contributed by atoms with Crippen molar-refractivity contribution in [3.8, 4) is 11.4 Å². The topological polar surface area (TPSA) is 149 Å². The highest BCUT2D eigenvalue weighted by Gasteiger charge is 2.28. The second-order valence-corrected chi connectivity index (χ2v) is 11.7. The van der Waals surface area contributed by atoms with Crippen molar-refractivity contribution in [3.05, 3.63) is 48.7 Å². The first-order valence-electron chi connectivity index (χ1n) is 12.8. The van der Waals surface area contributed by atoms with Crippen molar-refractivity contribution in [1.29, 1.82) is 0 Å². The maximum Gasteiger partial charge on any atom is 0.322 e. The third-order valence-corrected chi connectivity index (χ3v) is 8.54. The van der Waals surface area contributed by atoms with Crippen LogP contribution in [0.3, 0.4) is 0 Å². The van der Waals surface area contributed by atoms with Gasteiger partial charge in [-0.05, 0) is 32.8 Å². The summed E-state index contributed by atoms with van der Waals surface area (Å²) in [6.45, 7) is 6.14. The molecule has 4 aromatic rings. The van der Waals surface area contributed by atoms with Crippen LogP contribution in [-0.4, -0.2) is 79.7 Å². The average molecular weight is 552 g/mol. The highest BCUT2D eigenvalue weighted by Crippen LogP contribution is 2.28. The zero-order valence-corrected chi connectivity index (χ0v) is 22.4. The molecule has 6 heterocycles. The summed E-state index contributed by atoms with van der Waals surface area (Å²) >= 11 is 0. The Kier molecular flexibility index (Phi) is 6.53. The number of carbonyl (C=O) groups is 1. The maximum atomic E-state index is 12.9. The average Bonchev–Trinajstić information content (AvgIpc) is 3.66. The molecule has 2 aliphatic rings. The van der Waals surface area contributed by atoms with Gasteiger partial charge in [-0.1, -0.05) is 0 Å². The lowest BCUT2D eigenvalue weighted by atomic mass is 10.2. The van der Waals surface area contributed by atoms with Crippen LogP contribution in [0.5, 0.6) is 0 Å². The van der Waals surface area contributed by atoms with Gasteiger partial charge in [0.1, 0.15) is 11.6 Å². The van der Waals surface area contributed by atoms with Gasteiger partial charge in [0.25, 0.3) is 5.91 Å². The van der Waals surface area contributed by atoms with Gasteiger partial charge >= 0.3 is 10.2 Å². The predicted molar refractivity (Wildman–Crippen MR) is 144 cm³/mol. The van der Waals surface area contributed by atoms with E-state index in [1.807, 2.05) is 16.8 Å². The van der Waals surface area contributed by atoms with Gasteiger partial charge < -0.3 is 19.9 Å². The van der Waals surface area contributed by atoms with Crippen LogP contribution >= 0.6 is 0 Å². The molecule has 0 atom stereocenters. The van der Waals surface area contributed by atoms with Crippen molar-refractivity contribution < 1.29 is 17.9 Å². The minimum atomic E-state index is -3.71. The monoisotopic (exact) mass is 551 g/mol. The summed E-state index contributed by atoms with van der Waals surface area (Å²) in [5.41, 5.74) is 1.90. The predicted octanol–water partition coefficient (Wildman–Crippen LogP) is 2.33. The summed E-state index contributed by atoms with van der Waals surface area (Å²) in [7, 11) is -3.71. The number of rotatable bonds is 8. The van der Waals surface area contributed by atoms with Crippen molar-refractivity contribution in [3.63, 3.8) is 0 Å². The number of carbonyl (C=O) groups excluding carboxylic acids is 1. The SMILES string of the molecule is CC(C)n1cc(C(=O)NC2COC2)c2cnc(Nc3ccnc(-c4cnn(S(=O)(=O)N5CCCC5)c4)n3)cc21. The van der Waals surface area contributed by atoms with Crippen molar-refractivity contribution in [2.75, 3.05) is 31.6 Å². The van der Waals surface area contributed by atoms with E-state index in [2.05, 4.69) is 44.5 Å². The van der Waals surface area contributed by atoms with E-state index in [0.29, 0.717) is 54.9 Å². The molecule has 0 radical (unpaired) electrons. The Morgan fingerprint density at radius 1 is 1.10 bits per heavy atom. The minimum Gasteiger partial charge on any atom is -0.377 e. The third kappa shape index (κ3) is 4.86. The second-order valence-electron chi connectivity index (χ2n) is 9.94. The molecule has 0 aromatic carbocycles. The van der Waals surface area contributed by atoms with E-state index in [9.17, 15) is 13.2 Å². The van der Waals surface area contributed by atoms with Gasteiger partial charge in [0.2, 0.25) is 0 Å². The van der Waals surface area contributed by atoms with E-state index in [4.69, 9.17) is 4.74 Å². The lowest BCUT2D eigenvalue weighted by Gasteiger charge is -2.26. The fourth-order valence-electron chi connectivity index (χ4n) is 4.68. The Bertz CT molecular complexity index is 1640. The number of anilines is 2. The number of nitrogens with zero attached hydrogens (tertiary/aromatic N) is 7. The maximum absolute atomic E-state index is 12.9.